The minimum Gasteiger partial charge on any atom is -0.481 e. The lowest BCUT2D eigenvalue weighted by molar-refractivity contribution is -0.904. The van der Waals surface area contributed by atoms with Crippen molar-refractivity contribution in [3.05, 3.63) is 89.2 Å². The Balaban J connectivity index is 1.95. The first kappa shape index (κ1) is 25.5. The molecule has 0 fully saturated rings. The van der Waals surface area contributed by atoms with Gasteiger partial charge in [-0.2, -0.15) is 13.2 Å². The van der Waals surface area contributed by atoms with E-state index in [1.807, 2.05) is 6.07 Å². The summed E-state index contributed by atoms with van der Waals surface area (Å²) in [6.07, 6.45) is -3.25. The second kappa shape index (κ2) is 10.9. The first-order valence-corrected chi connectivity index (χ1v) is 10.7. The number of rotatable bonds is 8. The number of hydrogen-bond donors (Lipinski definition) is 2. The number of alkyl halides is 3. The van der Waals surface area contributed by atoms with Crippen LogP contribution in [0.5, 0.6) is 0 Å². The highest BCUT2D eigenvalue weighted by atomic mass is 19.4. The summed E-state index contributed by atoms with van der Waals surface area (Å²) in [6, 6.07) is 13.5. The summed E-state index contributed by atoms with van der Waals surface area (Å²) >= 11 is 0. The molecule has 0 saturated heterocycles. The number of carbonyl (C=O) groups excluding carboxylic acids is 1. The van der Waals surface area contributed by atoms with E-state index in [0.29, 0.717) is 15.9 Å². The molecular weight excluding hydrogens is 465 g/mol. The summed E-state index contributed by atoms with van der Waals surface area (Å²) < 4.78 is 46.3. The van der Waals surface area contributed by atoms with E-state index in [0.717, 1.165) is 17.7 Å². The van der Waals surface area contributed by atoms with Crippen molar-refractivity contribution in [1.82, 2.24) is 4.90 Å². The Kier molecular flexibility index (Phi) is 7.95. The van der Waals surface area contributed by atoms with Gasteiger partial charge >= 0.3 is 18.2 Å². The van der Waals surface area contributed by atoms with E-state index in [2.05, 4.69) is 0 Å². The number of carboxylic acid groups (broad SMARTS) is 1. The molecule has 1 heterocycles. The lowest BCUT2D eigenvalue weighted by atomic mass is 9.96. The Morgan fingerprint density at radius 1 is 1.03 bits per heavy atom. The van der Waals surface area contributed by atoms with E-state index in [1.165, 1.54) is 29.4 Å². The zero-order valence-corrected chi connectivity index (χ0v) is 18.8. The van der Waals surface area contributed by atoms with Gasteiger partial charge in [-0.1, -0.05) is 36.4 Å². The molecule has 0 aliphatic carbocycles. The van der Waals surface area contributed by atoms with Gasteiger partial charge in [0.25, 0.3) is 0 Å². The highest BCUT2D eigenvalue weighted by Crippen LogP contribution is 2.34. The molecule has 2 aromatic carbocycles. The fourth-order valence-electron chi connectivity index (χ4n) is 3.55. The molecule has 1 amide bonds. The maximum atomic E-state index is 13.4. The van der Waals surface area contributed by atoms with E-state index in [4.69, 9.17) is 9.84 Å². The van der Waals surface area contributed by atoms with Gasteiger partial charge in [0.15, 0.2) is 0 Å². The van der Waals surface area contributed by atoms with Crippen LogP contribution in [0.25, 0.3) is 11.1 Å². The molecule has 0 bridgehead atoms. The van der Waals surface area contributed by atoms with E-state index in [9.17, 15) is 28.0 Å². The number of hydrogen-bond acceptors (Lipinski definition) is 4. The molecule has 2 N–H and O–H groups in total. The fourth-order valence-corrected chi connectivity index (χ4v) is 3.55. The topological polar surface area (TPSA) is 91.0 Å². The van der Waals surface area contributed by atoms with Crippen LogP contribution < -0.4 is 4.73 Å². The summed E-state index contributed by atoms with van der Waals surface area (Å²) in [7, 11) is 0. The van der Waals surface area contributed by atoms with E-state index < -0.39 is 30.2 Å². The van der Waals surface area contributed by atoms with Crippen molar-refractivity contribution < 1.29 is 42.5 Å². The van der Waals surface area contributed by atoms with Crippen LogP contribution in [0.3, 0.4) is 0 Å². The number of aliphatic carboxylic acids is 1. The zero-order chi connectivity index (χ0) is 25.6. The molecular formula is C25H24F3N2O5+. The number of nitrogens with zero attached hydrogens (tertiary/aromatic N) is 2. The van der Waals surface area contributed by atoms with Crippen molar-refractivity contribution in [3.63, 3.8) is 0 Å². The molecule has 1 aromatic heterocycles. The van der Waals surface area contributed by atoms with Crippen LogP contribution in [0.2, 0.25) is 0 Å². The SMILES string of the molecule is CCN(Cc1cc(C(F)(F)F)ccc1-c1cc(CC(=O)O)c[n+](O)c1)C(=O)OCc1ccccc1. The summed E-state index contributed by atoms with van der Waals surface area (Å²) in [5.74, 6) is -1.13. The summed E-state index contributed by atoms with van der Waals surface area (Å²) in [5, 5.41) is 19.1. The Morgan fingerprint density at radius 3 is 2.37 bits per heavy atom. The van der Waals surface area contributed by atoms with Crippen LogP contribution in [0.15, 0.2) is 67.0 Å². The second-order valence-corrected chi connectivity index (χ2v) is 7.81. The van der Waals surface area contributed by atoms with Crippen molar-refractivity contribution >= 4 is 12.1 Å². The number of benzene rings is 2. The molecule has 10 heteroatoms. The molecule has 3 aromatic rings. The molecule has 7 nitrogen and oxygen atoms in total. The van der Waals surface area contributed by atoms with Gasteiger partial charge in [0.05, 0.1) is 17.5 Å². The average molecular weight is 489 g/mol. The van der Waals surface area contributed by atoms with Gasteiger partial charge in [-0.15, -0.1) is 0 Å². The molecule has 0 radical (unpaired) electrons. The molecule has 0 unspecified atom stereocenters. The van der Waals surface area contributed by atoms with Crippen LogP contribution in [-0.4, -0.2) is 33.8 Å². The largest absolute Gasteiger partial charge is 0.481 e. The standard InChI is InChI=1S/C25H23F3N2O5/c1-2-29(24(33)35-16-17-6-4-3-5-7-17)14-20-12-21(25(26,27)28)8-9-22(20)19-10-18(11-23(31)32)13-30(34)15-19/h3-10,12-13,15H,2,11,14,16H2,1H3,(H-,31,32,34)/p+1. The third-order valence-corrected chi connectivity index (χ3v) is 5.22. The van der Waals surface area contributed by atoms with Crippen LogP contribution >= 0.6 is 0 Å². The van der Waals surface area contributed by atoms with E-state index >= 15 is 0 Å². The van der Waals surface area contributed by atoms with Gasteiger partial charge in [0, 0.05) is 23.4 Å². The Bertz CT molecular complexity index is 1200. The van der Waals surface area contributed by atoms with Crippen molar-refractivity contribution in [2.45, 2.75) is 32.7 Å². The highest BCUT2D eigenvalue weighted by molar-refractivity contribution is 5.73. The predicted octanol–water partition coefficient (Wildman–Crippen LogP) is 4.68. The van der Waals surface area contributed by atoms with Gasteiger partial charge in [-0.3, -0.25) is 10.0 Å². The van der Waals surface area contributed by atoms with Crippen molar-refractivity contribution in [2.24, 2.45) is 0 Å². The second-order valence-electron chi connectivity index (χ2n) is 7.81. The molecule has 3 rings (SSSR count). The van der Waals surface area contributed by atoms with E-state index in [-0.39, 0.29) is 30.8 Å². The molecule has 0 atom stereocenters. The molecule has 0 aliphatic heterocycles. The number of carbonyl (C=O) groups is 2. The molecule has 184 valence electrons. The van der Waals surface area contributed by atoms with Gasteiger partial charge in [-0.25, -0.2) is 4.79 Å². The number of halogens is 3. The molecule has 0 aliphatic rings. The minimum absolute atomic E-state index is 0.00731. The highest BCUT2D eigenvalue weighted by Gasteiger charge is 2.32. The molecule has 0 saturated carbocycles. The fraction of sp³-hybridized carbons (Fsp3) is 0.240. The maximum Gasteiger partial charge on any atom is 0.416 e. The minimum atomic E-state index is -4.61. The van der Waals surface area contributed by atoms with Crippen LogP contribution in [0.4, 0.5) is 18.0 Å². The van der Waals surface area contributed by atoms with Gasteiger partial charge < -0.3 is 14.7 Å². The molecule has 35 heavy (non-hydrogen) atoms. The van der Waals surface area contributed by atoms with Gasteiger partial charge in [0.2, 0.25) is 12.4 Å². The lowest BCUT2D eigenvalue weighted by Gasteiger charge is -2.23. The summed E-state index contributed by atoms with van der Waals surface area (Å²) in [6.45, 7) is 1.65. The number of amides is 1. The maximum absolute atomic E-state index is 13.4. The lowest BCUT2D eigenvalue weighted by Crippen LogP contribution is -2.32. The summed E-state index contributed by atoms with van der Waals surface area (Å²) in [5.41, 5.74) is 0.873. The van der Waals surface area contributed by atoms with Crippen molar-refractivity contribution in [1.29, 1.82) is 0 Å². The third kappa shape index (κ3) is 6.95. The van der Waals surface area contributed by atoms with E-state index in [1.54, 1.807) is 31.2 Å². The number of ether oxygens (including phenoxy) is 1. The monoisotopic (exact) mass is 489 g/mol. The van der Waals surface area contributed by atoms with Crippen LogP contribution in [-0.2, 0) is 35.3 Å². The van der Waals surface area contributed by atoms with Crippen molar-refractivity contribution in [3.8, 4) is 11.1 Å². The Morgan fingerprint density at radius 2 is 1.74 bits per heavy atom. The normalized spacial score (nSPS) is 11.2. The number of carboxylic acids is 1. The van der Waals surface area contributed by atoms with Gasteiger partial charge in [-0.05, 0) is 41.8 Å². The zero-order valence-electron chi connectivity index (χ0n) is 18.8. The molecule has 0 spiro atoms. The summed E-state index contributed by atoms with van der Waals surface area (Å²) in [4.78, 5) is 25.0. The Hall–Kier alpha value is -4.08. The third-order valence-electron chi connectivity index (χ3n) is 5.22. The van der Waals surface area contributed by atoms with Gasteiger partial charge in [0.1, 0.15) is 6.61 Å². The first-order valence-electron chi connectivity index (χ1n) is 10.7. The quantitative estimate of drug-likeness (QED) is 0.354. The number of aromatic nitrogens is 1. The van der Waals surface area contributed by atoms with Crippen molar-refractivity contribution in [2.75, 3.05) is 6.54 Å². The predicted molar refractivity (Wildman–Crippen MR) is 118 cm³/mol. The van der Waals surface area contributed by atoms with Crippen LogP contribution in [0.1, 0.15) is 29.2 Å². The Labute approximate surface area is 199 Å². The first-order chi connectivity index (χ1) is 16.6. The smallest absolute Gasteiger partial charge is 0.416 e. The van der Waals surface area contributed by atoms with Crippen LogP contribution in [0, 0.1) is 0 Å². The average Bonchev–Trinajstić information content (AvgIpc) is 2.80. The number of pyridine rings is 1.